The van der Waals surface area contributed by atoms with E-state index in [9.17, 15) is 29.1 Å². The fourth-order valence-electron chi connectivity index (χ4n) is 13.3. The lowest BCUT2D eigenvalue weighted by atomic mass is 9.92. The van der Waals surface area contributed by atoms with Crippen molar-refractivity contribution in [3.05, 3.63) is 89.1 Å². The molecule has 6 fully saturated rings. The number of piperazine rings is 1. The summed E-state index contributed by atoms with van der Waals surface area (Å²) in [5.41, 5.74) is 1.42. The normalized spacial score (nSPS) is 24.3. The third kappa shape index (κ3) is 9.29. The number of anilines is 2. The van der Waals surface area contributed by atoms with E-state index in [2.05, 4.69) is 43.2 Å². The number of carbonyl (C=O) groups is 5. The van der Waals surface area contributed by atoms with Crippen molar-refractivity contribution in [2.24, 2.45) is 5.92 Å². The number of unbranched alkanes of at least 4 members (excludes halogenated alkanes) is 1. The number of fused-ring (bicyclic) bond motifs is 6. The monoisotopic (exact) mass is 1060 g/mol. The maximum Gasteiger partial charge on any atom is 0.409 e. The van der Waals surface area contributed by atoms with Gasteiger partial charge >= 0.3 is 12.1 Å². The molecule has 0 saturated carbocycles. The molecule has 3 unspecified atom stereocenters. The second-order valence-corrected chi connectivity index (χ2v) is 22.1. The zero-order valence-corrected chi connectivity index (χ0v) is 43.1. The molecule has 0 radical (unpaired) electrons. The van der Waals surface area contributed by atoms with Crippen LogP contribution in [-0.4, -0.2) is 147 Å². The molecule has 9 heterocycles. The number of phenolic OH excluding ortho intramolecular Hbond substituents is 1. The number of nitrogens with one attached hydrogen (secondary N) is 3. The SMILES string of the molecule is C#Cc1c(F)ccc2cc(O)cc(-c3ncc4c(N5CC6CCC(C5)N6)nc(OC[C@@]56CC[C@@H](COC(=O)N7CCC(CCCCNc8cccc9c8C(=O)N(C8CCC(=O)NC8=O)C9=O)CC7)N5CC(=C)C6)nc4c3F)c12. The highest BCUT2D eigenvalue weighted by molar-refractivity contribution is 6.25. The third-order valence-corrected chi connectivity index (χ3v) is 17.1. The number of nitrogens with zero attached hydrogens (tertiary/aromatic N) is 7. The third-order valence-electron chi connectivity index (χ3n) is 17.1. The van der Waals surface area contributed by atoms with Crippen LogP contribution < -0.4 is 25.6 Å². The van der Waals surface area contributed by atoms with Gasteiger partial charge in [0.1, 0.15) is 47.9 Å². The Morgan fingerprint density at radius 3 is 2.56 bits per heavy atom. The molecule has 78 heavy (non-hydrogen) atoms. The molecular formula is C58H60F2N10O8. The number of ether oxygens (including phenoxy) is 2. The lowest BCUT2D eigenvalue weighted by molar-refractivity contribution is -0.136. The van der Waals surface area contributed by atoms with E-state index in [4.69, 9.17) is 25.9 Å². The molecule has 2 bridgehead atoms. The van der Waals surface area contributed by atoms with Crippen molar-refractivity contribution in [1.82, 2.24) is 40.3 Å². The molecule has 12 rings (SSSR count). The first kappa shape index (κ1) is 51.0. The van der Waals surface area contributed by atoms with Crippen molar-refractivity contribution in [2.75, 3.05) is 62.7 Å². The van der Waals surface area contributed by atoms with E-state index in [0.717, 1.165) is 68.3 Å². The Kier molecular flexibility index (Phi) is 13.4. The van der Waals surface area contributed by atoms with Crippen LogP contribution >= 0.6 is 0 Å². The van der Waals surface area contributed by atoms with Crippen LogP contribution in [0.25, 0.3) is 32.9 Å². The number of rotatable bonds is 14. The van der Waals surface area contributed by atoms with Gasteiger partial charge in [0.05, 0.1) is 27.6 Å². The van der Waals surface area contributed by atoms with E-state index in [1.807, 2.05) is 0 Å². The molecule has 7 aliphatic rings. The molecule has 20 heteroatoms. The summed E-state index contributed by atoms with van der Waals surface area (Å²) in [4.78, 5) is 85.9. The van der Waals surface area contributed by atoms with Gasteiger partial charge in [-0.2, -0.15) is 9.97 Å². The minimum atomic E-state index is -1.02. The van der Waals surface area contributed by atoms with Crippen molar-refractivity contribution in [3.63, 3.8) is 0 Å². The minimum absolute atomic E-state index is 0.00886. The summed E-state index contributed by atoms with van der Waals surface area (Å²) in [6.07, 6.45) is 15.7. The average Bonchev–Trinajstić information content (AvgIpc) is 4.31. The number of aromatic hydroxyl groups is 1. The van der Waals surface area contributed by atoms with Gasteiger partial charge in [0.2, 0.25) is 11.8 Å². The van der Waals surface area contributed by atoms with Crippen LogP contribution in [0.2, 0.25) is 0 Å². The van der Waals surface area contributed by atoms with Crippen molar-refractivity contribution < 1.29 is 47.3 Å². The molecule has 2 aromatic heterocycles. The van der Waals surface area contributed by atoms with Crippen LogP contribution in [0, 0.1) is 29.9 Å². The molecule has 5 atom stereocenters. The highest BCUT2D eigenvalue weighted by Crippen LogP contribution is 2.45. The smallest absolute Gasteiger partial charge is 0.409 e. The summed E-state index contributed by atoms with van der Waals surface area (Å²) >= 11 is 0. The van der Waals surface area contributed by atoms with Gasteiger partial charge in [0.25, 0.3) is 11.8 Å². The topological polar surface area (TPSA) is 212 Å². The van der Waals surface area contributed by atoms with Crippen LogP contribution in [-0.2, 0) is 14.3 Å². The summed E-state index contributed by atoms with van der Waals surface area (Å²) in [6, 6.07) is 9.88. The maximum atomic E-state index is 17.3. The van der Waals surface area contributed by atoms with Gasteiger partial charge in [0.15, 0.2) is 5.82 Å². The minimum Gasteiger partial charge on any atom is -0.508 e. The predicted octanol–water partition coefficient (Wildman–Crippen LogP) is 6.82. The van der Waals surface area contributed by atoms with Crippen LogP contribution in [0.15, 0.2) is 60.8 Å². The number of carbonyl (C=O) groups excluding carboxylic acids is 5. The fourth-order valence-corrected chi connectivity index (χ4v) is 13.3. The highest BCUT2D eigenvalue weighted by atomic mass is 19.1. The molecule has 0 aliphatic carbocycles. The van der Waals surface area contributed by atoms with E-state index < -0.39 is 46.8 Å². The largest absolute Gasteiger partial charge is 0.508 e. The fraction of sp³-hybridized carbons (Fsp3) is 0.448. The first-order chi connectivity index (χ1) is 37.7. The van der Waals surface area contributed by atoms with Crippen molar-refractivity contribution >= 4 is 62.9 Å². The van der Waals surface area contributed by atoms with Crippen LogP contribution in [0.5, 0.6) is 11.8 Å². The summed E-state index contributed by atoms with van der Waals surface area (Å²) in [6.45, 7) is 8.40. The van der Waals surface area contributed by atoms with Crippen molar-refractivity contribution in [2.45, 2.75) is 107 Å². The number of halogens is 2. The highest BCUT2D eigenvalue weighted by Gasteiger charge is 2.52. The molecule has 18 nitrogen and oxygen atoms in total. The summed E-state index contributed by atoms with van der Waals surface area (Å²) in [5.74, 6) is -0.423. The van der Waals surface area contributed by atoms with Crippen LogP contribution in [0.1, 0.15) is 103 Å². The second kappa shape index (κ2) is 20.6. The lowest BCUT2D eigenvalue weighted by Gasteiger charge is -2.35. The molecule has 6 saturated heterocycles. The number of benzene rings is 3. The summed E-state index contributed by atoms with van der Waals surface area (Å²) in [5, 5.41) is 21.0. The summed E-state index contributed by atoms with van der Waals surface area (Å²) in [7, 11) is 0. The number of hydrogen-bond donors (Lipinski definition) is 4. The molecule has 0 spiro atoms. The van der Waals surface area contributed by atoms with Gasteiger partial charge in [-0.3, -0.25) is 39.3 Å². The first-order valence-electron chi connectivity index (χ1n) is 27.1. The molecular weight excluding hydrogens is 1000 g/mol. The Hall–Kier alpha value is -7.76. The van der Waals surface area contributed by atoms with Crippen LogP contribution in [0.3, 0.4) is 0 Å². The van der Waals surface area contributed by atoms with Crippen molar-refractivity contribution in [3.8, 4) is 35.4 Å². The van der Waals surface area contributed by atoms with Gasteiger partial charge in [0, 0.05) is 86.6 Å². The number of likely N-dealkylation sites (tertiary alicyclic amines) is 1. The Morgan fingerprint density at radius 2 is 1.78 bits per heavy atom. The number of hydrogen-bond acceptors (Lipinski definition) is 15. The predicted molar refractivity (Wildman–Crippen MR) is 285 cm³/mol. The number of aromatic nitrogens is 3. The number of phenols is 1. The number of pyridine rings is 1. The lowest BCUT2D eigenvalue weighted by Crippen LogP contribution is -2.54. The van der Waals surface area contributed by atoms with E-state index in [-0.39, 0.29) is 101 Å². The van der Waals surface area contributed by atoms with E-state index in [1.54, 1.807) is 23.1 Å². The van der Waals surface area contributed by atoms with E-state index in [0.29, 0.717) is 73.9 Å². The van der Waals surface area contributed by atoms with Crippen molar-refractivity contribution in [1.29, 1.82) is 0 Å². The van der Waals surface area contributed by atoms with Gasteiger partial charge in [-0.15, -0.1) is 6.42 Å². The Labute approximate surface area is 448 Å². The molecule has 5 amide bonds. The number of amides is 5. The zero-order chi connectivity index (χ0) is 54.0. The molecule has 404 valence electrons. The van der Waals surface area contributed by atoms with Gasteiger partial charge in [-0.25, -0.2) is 13.6 Å². The Bertz CT molecular complexity index is 3370. The van der Waals surface area contributed by atoms with Crippen LogP contribution in [0.4, 0.5) is 25.1 Å². The zero-order valence-electron chi connectivity index (χ0n) is 43.1. The maximum absolute atomic E-state index is 17.3. The Balaban J connectivity index is 0.663. The summed E-state index contributed by atoms with van der Waals surface area (Å²) < 4.78 is 45.0. The van der Waals surface area contributed by atoms with Gasteiger partial charge in [-0.05, 0) is 99.4 Å². The number of imide groups is 2. The van der Waals surface area contributed by atoms with Gasteiger partial charge < -0.3 is 35.0 Å². The molecule has 7 aliphatic heterocycles. The number of piperidine rings is 2. The molecule has 5 aromatic rings. The van der Waals surface area contributed by atoms with Gasteiger partial charge in [-0.1, -0.05) is 43.0 Å². The van der Waals surface area contributed by atoms with E-state index in [1.165, 1.54) is 30.5 Å². The van der Waals surface area contributed by atoms with E-state index >= 15 is 8.78 Å². The second-order valence-electron chi connectivity index (χ2n) is 22.1. The average molecular weight is 1060 g/mol. The standard InChI is InChI=1S/C58H60F2N10O8/c1-3-39-43(59)13-10-34-23-38(71)24-41(47(34)39)50-49(60)51-42(26-62-50)52(68-28-35-11-12-36(29-68)63-35)66-56(65-51)78-31-58-19-16-37(69(58)27-32(2)25-58)30-77-57(76)67-21-17-33(18-22-67)7-4-5-20-61-44-9-6-8-40-48(44)55(75)70(54(40)74)45-14-15-46(72)64-53(45)73/h1,6,8-10,13,23-24,26,33,35-37,45,61,63,71H,2,4-5,7,11-12,14-22,25,27-31H2,(H,64,72,73)/t35?,36?,37-,45?,58-/m0/s1. The first-order valence-corrected chi connectivity index (χ1v) is 27.1. The number of terminal acetylenes is 1. The quantitative estimate of drug-likeness (QED) is 0.0389. The Morgan fingerprint density at radius 1 is 0.974 bits per heavy atom. The molecule has 4 N–H and O–H groups in total. The molecule has 3 aromatic carbocycles.